The van der Waals surface area contributed by atoms with Crippen LogP contribution in [0.4, 0.5) is 4.79 Å². The molecule has 0 saturated heterocycles. The van der Waals surface area contributed by atoms with Crippen LogP contribution in [-0.2, 0) is 0 Å². The van der Waals surface area contributed by atoms with E-state index in [1.807, 2.05) is 0 Å². The van der Waals surface area contributed by atoms with E-state index in [-0.39, 0.29) is 17.6 Å². The molecule has 0 aromatic heterocycles. The van der Waals surface area contributed by atoms with E-state index in [0.717, 1.165) is 49.4 Å². The van der Waals surface area contributed by atoms with E-state index in [0.29, 0.717) is 12.6 Å². The zero-order valence-electron chi connectivity index (χ0n) is 13.0. The molecule has 0 aromatic carbocycles. The summed E-state index contributed by atoms with van der Waals surface area (Å²) in [5.41, 5.74) is -0.145. The Balaban J connectivity index is 1.26. The highest BCUT2D eigenvalue weighted by atomic mass is 16.3. The van der Waals surface area contributed by atoms with Gasteiger partial charge in [-0.15, -0.1) is 0 Å². The molecule has 2 bridgehead atoms. The smallest absolute Gasteiger partial charge is 0.315 e. The van der Waals surface area contributed by atoms with Crippen LogP contribution in [0.1, 0.15) is 51.9 Å². The topological polar surface area (TPSA) is 61.4 Å². The van der Waals surface area contributed by atoms with E-state index in [1.54, 1.807) is 0 Å². The third-order valence-electron chi connectivity index (χ3n) is 6.97. The molecule has 4 aliphatic rings. The minimum Gasteiger partial charge on any atom is -0.392 e. The lowest BCUT2D eigenvalue weighted by Gasteiger charge is -2.38. The Bertz CT molecular complexity index is 425. The van der Waals surface area contributed by atoms with E-state index >= 15 is 0 Å². The van der Waals surface area contributed by atoms with Crippen molar-refractivity contribution < 1.29 is 9.90 Å². The predicted octanol–water partition coefficient (Wildman–Crippen LogP) is 2.27. The van der Waals surface area contributed by atoms with Crippen LogP contribution >= 0.6 is 0 Å². The molecule has 0 spiro atoms. The SMILES string of the molecule is CC1(CNC(=O)NC2C3C4CCC(C4)C23)CCCCC1O. The molecule has 0 radical (unpaired) electrons. The molecule has 21 heavy (non-hydrogen) atoms. The lowest BCUT2D eigenvalue weighted by atomic mass is 9.73. The van der Waals surface area contributed by atoms with Crippen LogP contribution in [0.3, 0.4) is 0 Å². The van der Waals surface area contributed by atoms with Gasteiger partial charge in [0.2, 0.25) is 0 Å². The number of aliphatic hydroxyl groups excluding tert-OH is 1. The van der Waals surface area contributed by atoms with Crippen molar-refractivity contribution in [1.29, 1.82) is 0 Å². The maximum atomic E-state index is 12.1. The van der Waals surface area contributed by atoms with Crippen LogP contribution in [0.5, 0.6) is 0 Å². The zero-order chi connectivity index (χ0) is 14.6. The van der Waals surface area contributed by atoms with E-state index in [2.05, 4.69) is 17.6 Å². The van der Waals surface area contributed by atoms with E-state index < -0.39 is 0 Å². The lowest BCUT2D eigenvalue weighted by Crippen LogP contribution is -2.48. The molecule has 118 valence electrons. The summed E-state index contributed by atoms with van der Waals surface area (Å²) < 4.78 is 0. The van der Waals surface area contributed by atoms with Gasteiger partial charge < -0.3 is 15.7 Å². The van der Waals surface area contributed by atoms with Gasteiger partial charge in [-0.25, -0.2) is 4.79 Å². The standard InChI is InChI=1S/C17H28N2O2/c1-17(7-3-2-4-12(17)20)9-18-16(21)19-15-13-10-5-6-11(8-10)14(13)15/h10-15,20H,2-9H2,1H3,(H2,18,19,21). The normalized spacial score (nSPS) is 50.6. The number of carbonyl (C=O) groups excluding carboxylic acids is 1. The van der Waals surface area contributed by atoms with Crippen molar-refractivity contribution in [2.24, 2.45) is 29.1 Å². The van der Waals surface area contributed by atoms with Crippen LogP contribution in [-0.4, -0.2) is 29.8 Å². The van der Waals surface area contributed by atoms with Gasteiger partial charge in [0.25, 0.3) is 0 Å². The van der Waals surface area contributed by atoms with Crippen LogP contribution in [0.25, 0.3) is 0 Å². The quantitative estimate of drug-likeness (QED) is 0.747. The zero-order valence-corrected chi connectivity index (χ0v) is 13.0. The highest BCUT2D eigenvalue weighted by molar-refractivity contribution is 5.75. The Kier molecular flexibility index (Phi) is 3.21. The van der Waals surface area contributed by atoms with Gasteiger partial charge in [-0.3, -0.25) is 0 Å². The van der Waals surface area contributed by atoms with E-state index in [9.17, 15) is 9.90 Å². The molecule has 4 saturated carbocycles. The van der Waals surface area contributed by atoms with Crippen molar-refractivity contribution in [2.45, 2.75) is 64.0 Å². The number of amides is 2. The van der Waals surface area contributed by atoms with Crippen LogP contribution < -0.4 is 10.6 Å². The number of urea groups is 1. The molecule has 4 fully saturated rings. The third-order valence-corrected chi connectivity index (χ3v) is 6.97. The summed E-state index contributed by atoms with van der Waals surface area (Å²) in [6.07, 6.45) is 8.06. The summed E-state index contributed by atoms with van der Waals surface area (Å²) in [4.78, 5) is 12.1. The minimum atomic E-state index is -0.275. The van der Waals surface area contributed by atoms with Gasteiger partial charge in [0.15, 0.2) is 0 Å². The van der Waals surface area contributed by atoms with Gasteiger partial charge >= 0.3 is 6.03 Å². The molecular weight excluding hydrogens is 264 g/mol. The summed E-state index contributed by atoms with van der Waals surface area (Å²) >= 11 is 0. The monoisotopic (exact) mass is 292 g/mol. The van der Waals surface area contributed by atoms with Gasteiger partial charge in [0, 0.05) is 18.0 Å². The van der Waals surface area contributed by atoms with Crippen molar-refractivity contribution in [3.63, 3.8) is 0 Å². The maximum absolute atomic E-state index is 12.1. The minimum absolute atomic E-state index is 0.0206. The van der Waals surface area contributed by atoms with E-state index in [1.165, 1.54) is 19.3 Å². The first-order valence-corrected chi connectivity index (χ1v) is 8.81. The summed E-state index contributed by atoms with van der Waals surface area (Å²) in [5, 5.41) is 16.4. The Morgan fingerprint density at radius 2 is 1.90 bits per heavy atom. The number of carbonyl (C=O) groups is 1. The van der Waals surface area contributed by atoms with Crippen molar-refractivity contribution in [2.75, 3.05) is 6.54 Å². The second-order valence-corrected chi connectivity index (χ2v) is 8.26. The Labute approximate surface area is 127 Å². The van der Waals surface area contributed by atoms with Crippen LogP contribution in [0.15, 0.2) is 0 Å². The van der Waals surface area contributed by atoms with Crippen molar-refractivity contribution in [1.82, 2.24) is 10.6 Å². The number of hydrogen-bond donors (Lipinski definition) is 3. The number of fused-ring (bicyclic) bond motifs is 5. The molecule has 6 atom stereocenters. The molecule has 6 unspecified atom stereocenters. The van der Waals surface area contributed by atoms with Crippen LogP contribution in [0, 0.1) is 29.1 Å². The molecular formula is C17H28N2O2. The lowest BCUT2D eigenvalue weighted by molar-refractivity contribution is 0.00307. The third kappa shape index (κ3) is 2.26. The van der Waals surface area contributed by atoms with Gasteiger partial charge in [-0.1, -0.05) is 19.8 Å². The largest absolute Gasteiger partial charge is 0.392 e. The fraction of sp³-hybridized carbons (Fsp3) is 0.941. The number of nitrogens with one attached hydrogen (secondary N) is 2. The fourth-order valence-corrected chi connectivity index (χ4v) is 5.59. The predicted molar refractivity (Wildman–Crippen MR) is 80.7 cm³/mol. The Morgan fingerprint density at radius 3 is 2.57 bits per heavy atom. The first-order chi connectivity index (χ1) is 10.1. The van der Waals surface area contributed by atoms with Gasteiger partial charge in [-0.2, -0.15) is 0 Å². The molecule has 4 aliphatic carbocycles. The average molecular weight is 292 g/mol. The molecule has 0 aromatic rings. The van der Waals surface area contributed by atoms with Crippen molar-refractivity contribution in [3.05, 3.63) is 0 Å². The molecule has 0 heterocycles. The highest BCUT2D eigenvalue weighted by Gasteiger charge is 2.65. The maximum Gasteiger partial charge on any atom is 0.315 e. The van der Waals surface area contributed by atoms with Gasteiger partial charge in [0.1, 0.15) is 0 Å². The average Bonchev–Trinajstić information content (AvgIpc) is 2.85. The second kappa shape index (κ2) is 4.87. The molecule has 4 heteroatoms. The number of rotatable bonds is 3. The first-order valence-electron chi connectivity index (χ1n) is 8.81. The second-order valence-electron chi connectivity index (χ2n) is 8.26. The van der Waals surface area contributed by atoms with E-state index in [4.69, 9.17) is 0 Å². The molecule has 2 amide bonds. The summed E-state index contributed by atoms with van der Waals surface area (Å²) in [7, 11) is 0. The highest BCUT2D eigenvalue weighted by Crippen LogP contribution is 2.65. The summed E-state index contributed by atoms with van der Waals surface area (Å²) in [6, 6.07) is 0.424. The first kappa shape index (κ1) is 13.9. The number of aliphatic hydroxyl groups is 1. The van der Waals surface area contributed by atoms with Crippen LogP contribution in [0.2, 0.25) is 0 Å². The molecule has 4 rings (SSSR count). The Morgan fingerprint density at radius 1 is 1.19 bits per heavy atom. The van der Waals surface area contributed by atoms with Crippen molar-refractivity contribution in [3.8, 4) is 0 Å². The fourth-order valence-electron chi connectivity index (χ4n) is 5.59. The Hall–Kier alpha value is -0.770. The molecule has 0 aliphatic heterocycles. The number of hydrogen-bond acceptors (Lipinski definition) is 2. The van der Waals surface area contributed by atoms with Gasteiger partial charge in [-0.05, 0) is 55.8 Å². The summed E-state index contributed by atoms with van der Waals surface area (Å²) in [5.74, 6) is 3.35. The summed E-state index contributed by atoms with van der Waals surface area (Å²) in [6.45, 7) is 2.69. The van der Waals surface area contributed by atoms with Crippen molar-refractivity contribution >= 4 is 6.03 Å². The van der Waals surface area contributed by atoms with Gasteiger partial charge in [0.05, 0.1) is 6.10 Å². The molecule has 3 N–H and O–H groups in total. The molecule has 4 nitrogen and oxygen atoms in total.